The molecule has 0 aromatic carbocycles. The van der Waals surface area contributed by atoms with Crippen LogP contribution >= 0.6 is 0 Å². The molecule has 0 N–H and O–H groups in total. The van der Waals surface area contributed by atoms with Crippen molar-refractivity contribution in [2.24, 2.45) is 0 Å². The van der Waals surface area contributed by atoms with Gasteiger partial charge in [0.15, 0.2) is 6.61 Å². The van der Waals surface area contributed by atoms with Gasteiger partial charge in [-0.3, -0.25) is 4.79 Å². The Hall–Kier alpha value is -1.91. The highest BCUT2D eigenvalue weighted by molar-refractivity contribution is 5.69. The first kappa shape index (κ1) is 43.1. The van der Waals surface area contributed by atoms with Crippen LogP contribution in [0.3, 0.4) is 0 Å². The van der Waals surface area contributed by atoms with Crippen molar-refractivity contribution < 1.29 is 79.8 Å². The molecule has 0 aromatic heterocycles. The lowest BCUT2D eigenvalue weighted by Crippen LogP contribution is -2.74. The zero-order valence-electron chi connectivity index (χ0n) is 24.2. The van der Waals surface area contributed by atoms with Gasteiger partial charge < -0.3 is 4.74 Å². The zero-order chi connectivity index (χ0) is 35.4. The van der Waals surface area contributed by atoms with Gasteiger partial charge in [0.2, 0.25) is 0 Å². The summed E-state index contributed by atoms with van der Waals surface area (Å²) in [6, 6.07) is 0. The number of carbonyl (C=O) groups excluding carboxylic acids is 1. The highest BCUT2D eigenvalue weighted by Crippen LogP contribution is 2.62. The molecule has 0 unspecified atom stereocenters. The molecule has 0 rings (SSSR count). The Balaban J connectivity index is 4.89. The van der Waals surface area contributed by atoms with E-state index in [1.165, 1.54) is 19.3 Å². The lowest BCUT2D eigenvalue weighted by Gasteiger charge is -2.42. The fraction of sp³-hybridized carbons (Fsp3) is 0.889. The van der Waals surface area contributed by atoms with Crippen molar-refractivity contribution in [1.82, 2.24) is 0 Å². The summed E-state index contributed by atoms with van der Waals surface area (Å²) in [6.07, 6.45) is 8.29. The molecule has 0 aliphatic rings. The smallest absolute Gasteiger partial charge is 0.385 e. The molecule has 45 heavy (non-hydrogen) atoms. The van der Waals surface area contributed by atoms with Crippen molar-refractivity contribution in [3.8, 4) is 0 Å². The van der Waals surface area contributed by atoms with E-state index in [4.69, 9.17) is 0 Å². The number of alkyl halides is 16. The second-order valence-electron chi connectivity index (χ2n) is 10.5. The molecule has 0 spiro atoms. The molecule has 0 saturated heterocycles. The Morgan fingerprint density at radius 1 is 0.556 bits per heavy atom. The highest BCUT2D eigenvalue weighted by atomic mass is 19.4. The maximum atomic E-state index is 13.8. The topological polar surface area (TPSA) is 26.3 Å². The molecular weight excluding hydrogens is 660 g/mol. The summed E-state index contributed by atoms with van der Waals surface area (Å²) >= 11 is 0. The number of hydrogen-bond acceptors (Lipinski definition) is 2. The van der Waals surface area contributed by atoms with Crippen LogP contribution in [0.2, 0.25) is 0 Å². The number of esters is 1. The predicted molar refractivity (Wildman–Crippen MR) is 131 cm³/mol. The van der Waals surface area contributed by atoms with E-state index < -0.39 is 66.9 Å². The lowest BCUT2D eigenvalue weighted by molar-refractivity contribution is -0.447. The first-order valence-corrected chi connectivity index (χ1v) is 14.1. The molecule has 0 aliphatic carbocycles. The molecule has 0 radical (unpaired) electrons. The van der Waals surface area contributed by atoms with Crippen molar-refractivity contribution >= 4 is 5.97 Å². The summed E-state index contributed by atoms with van der Waals surface area (Å²) in [7, 11) is 0. The first-order valence-electron chi connectivity index (χ1n) is 14.1. The van der Waals surface area contributed by atoms with E-state index in [0.717, 1.165) is 38.5 Å². The molecule has 0 aromatic rings. The van der Waals surface area contributed by atoms with Crippen molar-refractivity contribution in [2.75, 3.05) is 6.61 Å². The van der Waals surface area contributed by atoms with E-state index in [1.807, 2.05) is 6.08 Å². The summed E-state index contributed by atoms with van der Waals surface area (Å²) in [4.78, 5) is 11.5. The molecule has 2 nitrogen and oxygen atoms in total. The van der Waals surface area contributed by atoms with Crippen LogP contribution in [0.4, 0.5) is 70.2 Å². The molecule has 0 atom stereocenters. The second kappa shape index (κ2) is 17.3. The average molecular weight is 697 g/mol. The third kappa shape index (κ3) is 10.3. The van der Waals surface area contributed by atoms with E-state index in [2.05, 4.69) is 17.7 Å². The Labute approximate surface area is 249 Å². The van der Waals surface area contributed by atoms with Crippen LogP contribution in [-0.2, 0) is 9.53 Å². The Kier molecular flexibility index (Phi) is 16.6. The van der Waals surface area contributed by atoms with E-state index in [-0.39, 0.29) is 6.42 Å². The monoisotopic (exact) mass is 696 g/mol. The van der Waals surface area contributed by atoms with Crippen molar-refractivity contribution in [3.63, 3.8) is 0 Å². The molecule has 268 valence electrons. The summed E-state index contributed by atoms with van der Waals surface area (Å²) in [5.74, 6) is -56.9. The average Bonchev–Trinajstić information content (AvgIpc) is 2.93. The number of halogens is 16. The minimum Gasteiger partial charge on any atom is -0.459 e. The number of hydrogen-bond donors (Lipinski definition) is 0. The molecule has 18 heteroatoms. The minimum absolute atomic E-state index is 0.0808. The fourth-order valence-electron chi connectivity index (χ4n) is 3.84. The molecule has 0 fully saturated rings. The fourth-order valence-corrected chi connectivity index (χ4v) is 3.84. The van der Waals surface area contributed by atoms with Gasteiger partial charge in [-0.1, -0.05) is 70.4 Å². The van der Waals surface area contributed by atoms with E-state index in [9.17, 15) is 75.0 Å². The molecular formula is C27H36F16O2. The molecule has 0 saturated carbocycles. The minimum atomic E-state index is -8.47. The third-order valence-corrected chi connectivity index (χ3v) is 6.79. The van der Waals surface area contributed by atoms with Crippen LogP contribution in [0, 0.1) is 0 Å². The van der Waals surface area contributed by atoms with Gasteiger partial charge in [-0.05, 0) is 32.1 Å². The summed E-state index contributed by atoms with van der Waals surface area (Å²) in [5.41, 5.74) is 0. The largest absolute Gasteiger partial charge is 0.459 e. The van der Waals surface area contributed by atoms with Gasteiger partial charge in [-0.15, -0.1) is 0 Å². The van der Waals surface area contributed by atoms with Gasteiger partial charge in [0.1, 0.15) is 0 Å². The van der Waals surface area contributed by atoms with E-state index in [0.29, 0.717) is 19.3 Å². The van der Waals surface area contributed by atoms with E-state index in [1.54, 1.807) is 0 Å². The number of carbonyl (C=O) groups is 1. The van der Waals surface area contributed by atoms with Gasteiger partial charge in [-0.25, -0.2) is 8.78 Å². The second-order valence-corrected chi connectivity index (χ2v) is 10.5. The van der Waals surface area contributed by atoms with Crippen molar-refractivity contribution in [3.05, 3.63) is 12.2 Å². The highest BCUT2D eigenvalue weighted by Gasteiger charge is 2.93. The van der Waals surface area contributed by atoms with Crippen LogP contribution in [0.15, 0.2) is 12.2 Å². The number of ether oxygens (including phenoxy) is 1. The SMILES string of the molecule is CCCCCCCCC=CCCCCCCCC(=O)OCC(F)(F)C(F)(F)C(F)(F)C(F)(F)C(F)(F)C(F)(F)C(F)(F)C(F)F. The molecule has 0 bridgehead atoms. The van der Waals surface area contributed by atoms with Gasteiger partial charge in [0.05, 0.1) is 0 Å². The maximum absolute atomic E-state index is 13.8. The predicted octanol–water partition coefficient (Wildman–Crippen LogP) is 11.3. The van der Waals surface area contributed by atoms with Crippen LogP contribution in [0.1, 0.15) is 96.8 Å². The zero-order valence-corrected chi connectivity index (χ0v) is 24.2. The van der Waals surface area contributed by atoms with Crippen LogP contribution in [0.25, 0.3) is 0 Å². The Bertz CT molecular complexity index is 903. The summed E-state index contributed by atoms with van der Waals surface area (Å²) in [6.45, 7) is -1.01. The molecule has 0 aliphatic heterocycles. The van der Waals surface area contributed by atoms with Crippen molar-refractivity contribution in [2.45, 2.75) is 145 Å². The standard InChI is InChI=1S/C27H36F16O2/c1-2-3-4-5-6-7-8-9-10-11-12-13-14-15-16-17-19(44)45-18-21(30,31)23(34,35)25(38,39)27(42,43)26(40,41)24(36,37)22(32,33)20(28)29/h9-10,20H,2-8,11-18H2,1H3. The molecule has 0 heterocycles. The quantitative estimate of drug-likeness (QED) is 0.0435. The Morgan fingerprint density at radius 3 is 1.38 bits per heavy atom. The number of rotatable bonds is 24. The summed E-state index contributed by atoms with van der Waals surface area (Å²) in [5, 5.41) is 0. The van der Waals surface area contributed by atoms with Gasteiger partial charge in [0, 0.05) is 6.42 Å². The maximum Gasteiger partial charge on any atom is 0.385 e. The normalized spacial score (nSPS) is 14.5. The van der Waals surface area contributed by atoms with Crippen LogP contribution < -0.4 is 0 Å². The van der Waals surface area contributed by atoms with Gasteiger partial charge in [0.25, 0.3) is 0 Å². The number of unbranched alkanes of at least 4 members (excludes halogenated alkanes) is 11. The first-order chi connectivity index (χ1) is 20.4. The van der Waals surface area contributed by atoms with Gasteiger partial charge >= 0.3 is 53.9 Å². The van der Waals surface area contributed by atoms with Crippen molar-refractivity contribution in [1.29, 1.82) is 0 Å². The summed E-state index contributed by atoms with van der Waals surface area (Å²) < 4.78 is 217. The van der Waals surface area contributed by atoms with Crippen LogP contribution in [0.5, 0.6) is 0 Å². The lowest BCUT2D eigenvalue weighted by atomic mass is 9.89. The Morgan fingerprint density at radius 2 is 0.933 bits per heavy atom. The van der Waals surface area contributed by atoms with Crippen LogP contribution in [-0.4, -0.2) is 60.5 Å². The third-order valence-electron chi connectivity index (χ3n) is 6.79. The van der Waals surface area contributed by atoms with Gasteiger partial charge in [-0.2, -0.15) is 61.5 Å². The molecule has 0 amide bonds. The number of allylic oxidation sites excluding steroid dienone is 2. The van der Waals surface area contributed by atoms with E-state index >= 15 is 0 Å².